The first-order valence-electron chi connectivity index (χ1n) is 18.3. The van der Waals surface area contributed by atoms with Gasteiger partial charge in [0.25, 0.3) is 0 Å². The van der Waals surface area contributed by atoms with Crippen molar-refractivity contribution in [2.24, 2.45) is 13.0 Å². The van der Waals surface area contributed by atoms with Crippen molar-refractivity contribution in [2.75, 3.05) is 49.1 Å². The van der Waals surface area contributed by atoms with Gasteiger partial charge in [0.05, 0.1) is 16.8 Å². The van der Waals surface area contributed by atoms with E-state index < -0.39 is 0 Å². The number of hydrogen-bond acceptors (Lipinski definition) is 7. The van der Waals surface area contributed by atoms with Crippen molar-refractivity contribution in [3.8, 4) is 23.0 Å². The predicted octanol–water partition coefficient (Wildman–Crippen LogP) is 8.48. The van der Waals surface area contributed by atoms with E-state index in [1.54, 1.807) is 0 Å². The Morgan fingerprint density at radius 2 is 1.40 bits per heavy atom. The van der Waals surface area contributed by atoms with Gasteiger partial charge in [-0.15, -0.1) is 0 Å². The molecule has 4 heterocycles. The second kappa shape index (κ2) is 15.3. The summed E-state index contributed by atoms with van der Waals surface area (Å²) in [4.78, 5) is 12.6. The quantitative estimate of drug-likeness (QED) is 0.141. The van der Waals surface area contributed by atoms with Gasteiger partial charge in [-0.1, -0.05) is 91.3 Å². The van der Waals surface area contributed by atoms with Gasteiger partial charge >= 0.3 is 0 Å². The average molecular weight is 713 g/mol. The first-order valence-corrected chi connectivity index (χ1v) is 18.7. The van der Waals surface area contributed by atoms with Crippen LogP contribution >= 0.6 is 11.6 Å². The van der Waals surface area contributed by atoms with E-state index in [9.17, 15) is 0 Å². The van der Waals surface area contributed by atoms with Crippen molar-refractivity contribution < 1.29 is 9.47 Å². The first-order chi connectivity index (χ1) is 25.5. The lowest BCUT2D eigenvalue weighted by atomic mass is 9.91. The summed E-state index contributed by atoms with van der Waals surface area (Å²) in [7, 11) is 2.04. The Kier molecular flexibility index (Phi) is 10.0. The molecule has 2 aliphatic heterocycles. The van der Waals surface area contributed by atoms with Crippen molar-refractivity contribution >= 4 is 33.9 Å². The second-order valence-corrected chi connectivity index (χ2v) is 14.4. The van der Waals surface area contributed by atoms with Crippen LogP contribution in [0.2, 0.25) is 5.02 Å². The number of benzene rings is 4. The van der Waals surface area contributed by atoms with Crippen molar-refractivity contribution in [1.29, 1.82) is 0 Å². The van der Waals surface area contributed by atoms with E-state index >= 15 is 0 Å². The molecule has 2 aliphatic rings. The van der Waals surface area contributed by atoms with E-state index in [0.29, 0.717) is 36.9 Å². The summed E-state index contributed by atoms with van der Waals surface area (Å²) in [6, 6.07) is 39.6. The highest BCUT2D eigenvalue weighted by Crippen LogP contribution is 2.39. The van der Waals surface area contributed by atoms with E-state index in [2.05, 4.69) is 64.1 Å². The number of para-hydroxylation sites is 1. The number of ether oxygens (including phenoxy) is 2. The van der Waals surface area contributed by atoms with Crippen LogP contribution in [0.25, 0.3) is 22.2 Å². The standard InChI is InChI=1S/C43H45ClN6O2/c1-31-28-50(35-18-16-34(44)17-19-35)23-22-38(31)48-24-26-49(27-25-48)39-15-9-14-36-41(46-47(2)42(36)39)37-20-21-40(51-29-32-10-5-3-6-11-32)45-43(37)52-30-33-12-7-4-8-13-33/h3-21,31,38H,22-30H2,1-2H3/t31-,38+/m1/s1. The van der Waals surface area contributed by atoms with Crippen LogP contribution in [0.1, 0.15) is 24.5 Å². The molecule has 4 aromatic carbocycles. The minimum atomic E-state index is 0.391. The summed E-state index contributed by atoms with van der Waals surface area (Å²) in [5.41, 5.74) is 7.44. The van der Waals surface area contributed by atoms with Gasteiger partial charge < -0.3 is 19.3 Å². The third-order valence-electron chi connectivity index (χ3n) is 10.6. The normalized spacial score (nSPS) is 18.1. The van der Waals surface area contributed by atoms with Crippen molar-refractivity contribution in [2.45, 2.75) is 32.6 Å². The van der Waals surface area contributed by atoms with E-state index in [-0.39, 0.29) is 0 Å². The molecule has 8 rings (SSSR count). The monoisotopic (exact) mass is 712 g/mol. The number of piperidine rings is 1. The maximum absolute atomic E-state index is 6.42. The molecule has 52 heavy (non-hydrogen) atoms. The molecule has 266 valence electrons. The number of piperazine rings is 1. The van der Waals surface area contributed by atoms with Gasteiger partial charge in [-0.05, 0) is 59.9 Å². The molecule has 2 aromatic heterocycles. The molecule has 0 radical (unpaired) electrons. The predicted molar refractivity (Wildman–Crippen MR) is 211 cm³/mol. The van der Waals surface area contributed by atoms with Crippen molar-refractivity contribution in [3.63, 3.8) is 0 Å². The van der Waals surface area contributed by atoms with Crippen LogP contribution in [-0.4, -0.2) is 65.0 Å². The number of halogens is 1. The number of aryl methyl sites for hydroxylation is 1. The lowest BCUT2D eigenvalue weighted by Crippen LogP contribution is -2.56. The Labute approximate surface area is 311 Å². The van der Waals surface area contributed by atoms with Gasteiger partial charge in [0.1, 0.15) is 18.9 Å². The number of nitrogens with zero attached hydrogens (tertiary/aromatic N) is 6. The number of fused-ring (bicyclic) bond motifs is 1. The van der Waals surface area contributed by atoms with Gasteiger partial charge in [-0.2, -0.15) is 10.1 Å². The Morgan fingerprint density at radius 1 is 0.712 bits per heavy atom. The number of hydrogen-bond donors (Lipinski definition) is 0. The molecule has 2 fully saturated rings. The van der Waals surface area contributed by atoms with Gasteiger partial charge in [0, 0.05) is 74.5 Å². The molecular formula is C43H45ClN6O2. The minimum absolute atomic E-state index is 0.391. The average Bonchev–Trinajstić information content (AvgIpc) is 3.53. The zero-order valence-corrected chi connectivity index (χ0v) is 30.6. The van der Waals surface area contributed by atoms with Gasteiger partial charge in [-0.3, -0.25) is 9.58 Å². The maximum Gasteiger partial charge on any atom is 0.226 e. The van der Waals surface area contributed by atoms with Crippen LogP contribution in [0.5, 0.6) is 11.8 Å². The fourth-order valence-electron chi connectivity index (χ4n) is 7.88. The van der Waals surface area contributed by atoms with Crippen LogP contribution in [-0.2, 0) is 20.3 Å². The SMILES string of the molecule is C[C@@H]1CN(c2ccc(Cl)cc2)CC[C@@H]1N1CCN(c2cccc3c(-c4ccc(OCc5ccccc5)nc4OCc4ccccc4)nn(C)c23)CC1. The number of anilines is 2. The van der Waals surface area contributed by atoms with Crippen LogP contribution in [0.3, 0.4) is 0 Å². The fraction of sp³-hybridized carbons (Fsp3) is 0.302. The van der Waals surface area contributed by atoms with Crippen LogP contribution in [0, 0.1) is 5.92 Å². The zero-order chi connectivity index (χ0) is 35.4. The molecule has 9 heteroatoms. The number of aromatic nitrogens is 3. The van der Waals surface area contributed by atoms with E-state index in [1.165, 1.54) is 17.8 Å². The van der Waals surface area contributed by atoms with E-state index in [4.69, 9.17) is 31.2 Å². The maximum atomic E-state index is 6.42. The molecule has 0 saturated carbocycles. The molecule has 0 unspecified atom stereocenters. The summed E-state index contributed by atoms with van der Waals surface area (Å²) in [5, 5.41) is 6.96. The largest absolute Gasteiger partial charge is 0.473 e. The Balaban J connectivity index is 1.00. The van der Waals surface area contributed by atoms with Crippen LogP contribution < -0.4 is 19.3 Å². The molecule has 0 bridgehead atoms. The van der Waals surface area contributed by atoms with Gasteiger partial charge in [0.2, 0.25) is 11.8 Å². The molecule has 0 spiro atoms. The highest BCUT2D eigenvalue weighted by molar-refractivity contribution is 6.30. The molecular weight excluding hydrogens is 668 g/mol. The highest BCUT2D eigenvalue weighted by Gasteiger charge is 2.33. The summed E-state index contributed by atoms with van der Waals surface area (Å²) in [6.07, 6.45) is 1.17. The Morgan fingerprint density at radius 3 is 2.10 bits per heavy atom. The zero-order valence-electron chi connectivity index (χ0n) is 29.9. The lowest BCUT2D eigenvalue weighted by molar-refractivity contribution is 0.121. The number of pyridine rings is 1. The third-order valence-corrected chi connectivity index (χ3v) is 10.8. The first kappa shape index (κ1) is 34.1. The summed E-state index contributed by atoms with van der Waals surface area (Å²) < 4.78 is 14.6. The molecule has 0 amide bonds. The summed E-state index contributed by atoms with van der Waals surface area (Å²) in [5.74, 6) is 1.60. The molecule has 2 saturated heterocycles. The fourth-order valence-corrected chi connectivity index (χ4v) is 8.00. The minimum Gasteiger partial charge on any atom is -0.473 e. The van der Waals surface area contributed by atoms with Gasteiger partial charge in [0.15, 0.2) is 0 Å². The third kappa shape index (κ3) is 7.31. The van der Waals surface area contributed by atoms with E-state index in [1.807, 2.05) is 84.5 Å². The Bertz CT molecular complexity index is 2100. The van der Waals surface area contributed by atoms with Crippen molar-refractivity contribution in [3.05, 3.63) is 131 Å². The highest BCUT2D eigenvalue weighted by atomic mass is 35.5. The smallest absolute Gasteiger partial charge is 0.226 e. The molecule has 2 atom stereocenters. The molecule has 8 nitrogen and oxygen atoms in total. The van der Waals surface area contributed by atoms with Gasteiger partial charge in [-0.25, -0.2) is 0 Å². The van der Waals surface area contributed by atoms with Crippen LogP contribution in [0.15, 0.2) is 115 Å². The summed E-state index contributed by atoms with van der Waals surface area (Å²) >= 11 is 6.15. The Hall–Kier alpha value is -5.05. The van der Waals surface area contributed by atoms with Crippen LogP contribution in [0.4, 0.5) is 11.4 Å². The topological polar surface area (TPSA) is 58.9 Å². The molecule has 0 aliphatic carbocycles. The molecule has 6 aromatic rings. The lowest BCUT2D eigenvalue weighted by Gasteiger charge is -2.46. The van der Waals surface area contributed by atoms with Crippen molar-refractivity contribution in [1.82, 2.24) is 19.7 Å². The second-order valence-electron chi connectivity index (χ2n) is 14.0. The van der Waals surface area contributed by atoms with E-state index in [0.717, 1.165) is 77.6 Å². The molecule has 0 N–H and O–H groups in total. The number of rotatable bonds is 10. The summed E-state index contributed by atoms with van der Waals surface area (Å²) in [6.45, 7) is 9.40.